The fourth-order valence-corrected chi connectivity index (χ4v) is 16.8. The van der Waals surface area contributed by atoms with Crippen molar-refractivity contribution < 1.29 is 45.0 Å². The van der Waals surface area contributed by atoms with Crippen molar-refractivity contribution in [1.82, 2.24) is 5.32 Å². The van der Waals surface area contributed by atoms with E-state index in [-0.39, 0.29) is 62.2 Å². The van der Waals surface area contributed by atoms with Crippen LogP contribution in [0.4, 0.5) is 0 Å². The Labute approximate surface area is 341 Å². The summed E-state index contributed by atoms with van der Waals surface area (Å²) < 4.78 is 6.24. The van der Waals surface area contributed by atoms with E-state index in [1.807, 2.05) is 25.2 Å². The summed E-state index contributed by atoms with van der Waals surface area (Å²) >= 11 is 0. The molecule has 7 N–H and O–H groups in total. The number of hydrogen-bond donors (Lipinski definition) is 7. The van der Waals surface area contributed by atoms with Crippen LogP contribution in [0.5, 0.6) is 0 Å². The Morgan fingerprint density at radius 1 is 1.02 bits per heavy atom. The van der Waals surface area contributed by atoms with Gasteiger partial charge in [0, 0.05) is 52.7 Å². The smallest absolute Gasteiger partial charge is 0.331 e. The highest BCUT2D eigenvalue weighted by Gasteiger charge is 2.86. The lowest BCUT2D eigenvalue weighted by molar-refractivity contribution is -0.348. The molecule has 4 bridgehead atoms. The summed E-state index contributed by atoms with van der Waals surface area (Å²) in [6.07, 6.45) is 10.6. The molecule has 1 spiro atoms. The normalized spacial score (nSPS) is 50.9. The van der Waals surface area contributed by atoms with Crippen LogP contribution in [0.25, 0.3) is 0 Å². The number of fused-ring (bicyclic) bond motifs is 7. The zero-order valence-electron chi connectivity index (χ0n) is 33.9. The van der Waals surface area contributed by atoms with Crippen LogP contribution in [0.1, 0.15) is 101 Å². The molecule has 58 heavy (non-hydrogen) atoms. The van der Waals surface area contributed by atoms with E-state index in [1.54, 1.807) is 6.08 Å². The van der Waals surface area contributed by atoms with Gasteiger partial charge in [0.05, 0.1) is 35.9 Å². The second-order valence-electron chi connectivity index (χ2n) is 20.4. The van der Waals surface area contributed by atoms with Gasteiger partial charge in [-0.25, -0.2) is 4.79 Å². The van der Waals surface area contributed by atoms with Gasteiger partial charge in [0.15, 0.2) is 0 Å². The molecule has 1 aliphatic heterocycles. The second-order valence-corrected chi connectivity index (χ2v) is 20.4. The molecule has 0 aromatic heterocycles. The first-order valence-electron chi connectivity index (χ1n) is 22.2. The summed E-state index contributed by atoms with van der Waals surface area (Å²) in [5, 5.41) is 79.6. The first kappa shape index (κ1) is 39.3. The third kappa shape index (κ3) is 4.60. The first-order chi connectivity index (χ1) is 27.8. The minimum Gasteiger partial charge on any atom is -0.454 e. The van der Waals surface area contributed by atoms with Gasteiger partial charge in [0.25, 0.3) is 0 Å². The molecule has 6 saturated carbocycles. The largest absolute Gasteiger partial charge is 0.454 e. The Morgan fingerprint density at radius 2 is 1.83 bits per heavy atom. The molecule has 10 nitrogen and oxygen atoms in total. The van der Waals surface area contributed by atoms with Gasteiger partial charge in [0.1, 0.15) is 18.0 Å². The topological polar surface area (TPSA) is 177 Å². The standard InChI is InChI=1S/C48H61NO9/c1-27-7-5-10-29-17-36-39(53)12-15-43(25-51)40-13-16-44-14-4-3-8-28-9-6-11-30(24-50)34(28)20-38(49-2)35-18-31(45(44,26-52)37-21-41(54)58-42(35)37)23-47(44,56)46(40,55)22-32(19-33(27)29)48(36,43)57/h5-6,9-11,21,25,27,29,31-33,35-36,38-40,42,49-50,52-53,55-57H,4,7,12-20,22-24,26H2,1-2H3. The molecule has 6 fully saturated rings. The number of hydrogen-bond acceptors (Lipinski definition) is 10. The SMILES string of the molecule is CNC1Cc2c(cccc2CO)C#CCCC23CCC4C(O)(CC5CC6C(C)CC=CC6CC6C(O)CCC4(C=O)C56O)C2(O)CC2CC1C1OC(=O)C=C1C23CO. The van der Waals surface area contributed by atoms with E-state index in [1.165, 1.54) is 0 Å². The highest BCUT2D eigenvalue weighted by molar-refractivity contribution is 5.87. The van der Waals surface area contributed by atoms with Crippen LogP contribution in [0, 0.1) is 75.4 Å². The van der Waals surface area contributed by atoms with Crippen LogP contribution in [-0.2, 0) is 27.4 Å². The number of benzene rings is 1. The lowest BCUT2D eigenvalue weighted by Crippen LogP contribution is -2.81. The molecule has 9 aliphatic carbocycles. The van der Waals surface area contributed by atoms with Gasteiger partial charge in [0.2, 0.25) is 0 Å². The van der Waals surface area contributed by atoms with Crippen LogP contribution in [0.3, 0.4) is 0 Å². The summed E-state index contributed by atoms with van der Waals surface area (Å²) in [7, 11) is 1.89. The van der Waals surface area contributed by atoms with E-state index in [4.69, 9.17) is 4.74 Å². The molecule has 0 amide bonds. The Bertz CT molecular complexity index is 2020. The van der Waals surface area contributed by atoms with E-state index >= 15 is 0 Å². The maximum Gasteiger partial charge on any atom is 0.331 e. The zero-order chi connectivity index (χ0) is 40.6. The van der Waals surface area contributed by atoms with E-state index in [2.05, 4.69) is 36.2 Å². The lowest BCUT2D eigenvalue weighted by Gasteiger charge is -2.72. The van der Waals surface area contributed by atoms with Gasteiger partial charge in [-0.2, -0.15) is 0 Å². The van der Waals surface area contributed by atoms with Gasteiger partial charge in [-0.15, -0.1) is 0 Å². The van der Waals surface area contributed by atoms with Gasteiger partial charge in [-0.3, -0.25) is 0 Å². The third-order valence-corrected chi connectivity index (χ3v) is 19.1. The molecule has 11 rings (SSSR count). The molecule has 312 valence electrons. The summed E-state index contributed by atoms with van der Waals surface area (Å²) in [5.74, 6) is 4.44. The van der Waals surface area contributed by atoms with Crippen molar-refractivity contribution in [3.8, 4) is 11.8 Å². The van der Waals surface area contributed by atoms with Gasteiger partial charge < -0.3 is 45.5 Å². The Morgan fingerprint density at radius 3 is 2.59 bits per heavy atom. The molecule has 0 radical (unpaired) electrons. The van der Waals surface area contributed by atoms with Gasteiger partial charge >= 0.3 is 5.97 Å². The second kappa shape index (κ2) is 13.3. The third-order valence-electron chi connectivity index (χ3n) is 19.1. The number of aliphatic hydroxyl groups excluding tert-OH is 3. The number of ether oxygens (including phenoxy) is 1. The van der Waals surface area contributed by atoms with Crippen molar-refractivity contribution >= 4 is 12.3 Å². The van der Waals surface area contributed by atoms with E-state index in [0.717, 1.165) is 29.4 Å². The minimum atomic E-state index is -1.84. The maximum atomic E-state index is 14.2. The van der Waals surface area contributed by atoms with Crippen LogP contribution in [0.2, 0.25) is 0 Å². The number of likely N-dealkylation sites (N-methyl/N-ethyl adjacent to an activating group) is 1. The van der Waals surface area contributed by atoms with Crippen molar-refractivity contribution in [2.24, 2.45) is 63.6 Å². The van der Waals surface area contributed by atoms with Crippen molar-refractivity contribution in [2.45, 2.75) is 132 Å². The molecule has 17 atom stereocenters. The molecule has 10 heteroatoms. The molecule has 1 aromatic carbocycles. The Kier molecular flexibility index (Phi) is 9.01. The lowest BCUT2D eigenvalue weighted by atomic mass is 9.34. The fourth-order valence-electron chi connectivity index (χ4n) is 16.8. The number of aldehydes is 1. The van der Waals surface area contributed by atoms with Crippen molar-refractivity contribution in [2.75, 3.05) is 13.7 Å². The van der Waals surface area contributed by atoms with Gasteiger partial charge in [-0.1, -0.05) is 43.0 Å². The molecule has 10 aliphatic rings. The fraction of sp³-hybridized carbons (Fsp3) is 0.708. The molecular formula is C48H61NO9. The predicted molar refractivity (Wildman–Crippen MR) is 213 cm³/mol. The molecule has 1 aromatic rings. The van der Waals surface area contributed by atoms with Crippen LogP contribution in [0.15, 0.2) is 42.0 Å². The first-order valence-corrected chi connectivity index (χ1v) is 22.2. The van der Waals surface area contributed by atoms with Crippen LogP contribution >= 0.6 is 0 Å². The number of rotatable bonds is 4. The van der Waals surface area contributed by atoms with Crippen LogP contribution < -0.4 is 5.32 Å². The molecule has 17 unspecified atom stereocenters. The molecule has 1 heterocycles. The van der Waals surface area contributed by atoms with E-state index in [0.29, 0.717) is 69.3 Å². The van der Waals surface area contributed by atoms with Crippen molar-refractivity contribution in [3.05, 3.63) is 58.7 Å². The number of allylic oxidation sites excluding steroid dienone is 2. The highest BCUT2D eigenvalue weighted by Crippen LogP contribution is 2.81. The van der Waals surface area contributed by atoms with E-state index in [9.17, 15) is 40.2 Å². The Balaban J connectivity index is 1.18. The number of esters is 1. The van der Waals surface area contributed by atoms with E-state index < -0.39 is 69.0 Å². The number of aliphatic hydroxyl groups is 6. The quantitative estimate of drug-likeness (QED) is 0.103. The summed E-state index contributed by atoms with van der Waals surface area (Å²) in [5.41, 5.74) is -5.72. The monoisotopic (exact) mass is 795 g/mol. The highest BCUT2D eigenvalue weighted by atomic mass is 16.5. The minimum absolute atomic E-state index is 0.0720. The maximum absolute atomic E-state index is 14.2. The van der Waals surface area contributed by atoms with Crippen molar-refractivity contribution in [1.29, 1.82) is 0 Å². The average molecular weight is 796 g/mol. The summed E-state index contributed by atoms with van der Waals surface area (Å²) in [6.45, 7) is 1.74. The van der Waals surface area contributed by atoms with Crippen LogP contribution in [-0.4, -0.2) is 91.6 Å². The number of carbonyl (C=O) groups is 2. The number of carbonyl (C=O) groups excluding carboxylic acids is 2. The molecule has 0 saturated heterocycles. The summed E-state index contributed by atoms with van der Waals surface area (Å²) in [6, 6.07) is 5.55. The zero-order valence-corrected chi connectivity index (χ0v) is 33.9. The average Bonchev–Trinajstić information content (AvgIpc) is 3.67. The summed E-state index contributed by atoms with van der Waals surface area (Å²) in [4.78, 5) is 27.7. The Hall–Kier alpha value is -2.88. The molecular weight excluding hydrogens is 735 g/mol. The number of nitrogens with one attached hydrogen (secondary N) is 1. The van der Waals surface area contributed by atoms with Crippen molar-refractivity contribution in [3.63, 3.8) is 0 Å². The van der Waals surface area contributed by atoms with Gasteiger partial charge in [-0.05, 0) is 136 Å². The predicted octanol–water partition coefficient (Wildman–Crippen LogP) is 3.51.